The van der Waals surface area contributed by atoms with E-state index in [2.05, 4.69) is 19.2 Å². The molecule has 0 aliphatic carbocycles. The Kier molecular flexibility index (Phi) is 36.0. The molecule has 0 radical (unpaired) electrons. The van der Waals surface area contributed by atoms with Crippen LogP contribution >= 0.6 is 0 Å². The van der Waals surface area contributed by atoms with Gasteiger partial charge in [-0.2, -0.15) is 0 Å². The Morgan fingerprint density at radius 2 is 0.800 bits per heavy atom. The summed E-state index contributed by atoms with van der Waals surface area (Å²) in [4.78, 5) is 24.0. The molecule has 266 valence electrons. The third-order valence-corrected chi connectivity index (χ3v) is 9.06. The second-order valence-corrected chi connectivity index (χ2v) is 13.6. The number of unbranched alkanes of at least 4 members (excludes halogenated alkanes) is 29. The molecule has 0 rings (SSSR count). The smallest absolute Gasteiger partial charge is 0.332 e. The van der Waals surface area contributed by atoms with Crippen LogP contribution < -0.4 is 11.1 Å². The Labute approximate surface area is 281 Å². The lowest BCUT2D eigenvalue weighted by Crippen LogP contribution is -2.27. The Morgan fingerprint density at radius 3 is 1.16 bits per heavy atom. The van der Waals surface area contributed by atoms with Crippen molar-refractivity contribution in [3.05, 3.63) is 12.2 Å². The highest BCUT2D eigenvalue weighted by Gasteiger charge is 2.07. The molecule has 1 amide bonds. The van der Waals surface area contributed by atoms with Crippen LogP contribution in [0.5, 0.6) is 0 Å². The van der Waals surface area contributed by atoms with Gasteiger partial charge in [0.2, 0.25) is 5.91 Å². The van der Waals surface area contributed by atoms with Gasteiger partial charge in [-0.3, -0.25) is 10.5 Å². The van der Waals surface area contributed by atoms with Crippen LogP contribution in [0.25, 0.3) is 0 Å². The Bertz CT molecular complexity index is 651. The number of esters is 1. The van der Waals surface area contributed by atoms with Gasteiger partial charge in [0.15, 0.2) is 6.23 Å². The van der Waals surface area contributed by atoms with Gasteiger partial charge in [-0.05, 0) is 19.3 Å². The summed E-state index contributed by atoms with van der Waals surface area (Å²) in [6.07, 6.45) is 43.7. The Morgan fingerprint density at radius 1 is 0.489 bits per heavy atom. The molecule has 1 unspecified atom stereocenters. The molecule has 0 aliphatic rings. The van der Waals surface area contributed by atoms with Crippen LogP contribution in [0, 0.1) is 0 Å². The predicted octanol–water partition coefficient (Wildman–Crippen LogP) is 12.0. The van der Waals surface area contributed by atoms with Gasteiger partial charge < -0.3 is 10.1 Å². The molecule has 0 aromatic heterocycles. The Hall–Kier alpha value is -1.36. The van der Waals surface area contributed by atoms with Gasteiger partial charge in [-0.15, -0.1) is 0 Å². The van der Waals surface area contributed by atoms with Crippen molar-refractivity contribution in [3.63, 3.8) is 0 Å². The first-order valence-corrected chi connectivity index (χ1v) is 20.0. The maximum Gasteiger partial charge on any atom is 0.332 e. The topological polar surface area (TPSA) is 81.4 Å². The lowest BCUT2D eigenvalue weighted by Gasteiger charge is -2.11. The molecule has 1 atom stereocenters. The van der Waals surface area contributed by atoms with Gasteiger partial charge in [-0.1, -0.05) is 200 Å². The zero-order valence-electron chi connectivity index (χ0n) is 30.4. The number of amides is 1. The summed E-state index contributed by atoms with van der Waals surface area (Å²) < 4.78 is 5.23. The fraction of sp³-hybridized carbons (Fsp3) is 0.900. The van der Waals surface area contributed by atoms with Gasteiger partial charge in [0, 0.05) is 18.7 Å². The highest BCUT2D eigenvalue weighted by Crippen LogP contribution is 2.15. The number of hydrogen-bond acceptors (Lipinski definition) is 4. The number of carbonyl (C=O) groups is 2. The summed E-state index contributed by atoms with van der Waals surface area (Å²) in [6, 6.07) is 0. The quantitative estimate of drug-likeness (QED) is 0.0311. The highest BCUT2D eigenvalue weighted by molar-refractivity contribution is 5.94. The summed E-state index contributed by atoms with van der Waals surface area (Å²) in [6.45, 7) is 5.20. The van der Waals surface area contributed by atoms with E-state index in [9.17, 15) is 9.59 Å². The molecule has 0 saturated heterocycles. The number of rotatable bonds is 36. The molecule has 5 heteroatoms. The molecule has 0 aliphatic heterocycles. The van der Waals surface area contributed by atoms with Gasteiger partial charge in [-0.25, -0.2) is 4.79 Å². The van der Waals surface area contributed by atoms with Gasteiger partial charge in [0.25, 0.3) is 0 Å². The van der Waals surface area contributed by atoms with Crippen LogP contribution in [-0.2, 0) is 14.3 Å². The van der Waals surface area contributed by atoms with Crippen molar-refractivity contribution in [2.24, 2.45) is 5.73 Å². The molecule has 5 nitrogen and oxygen atoms in total. The summed E-state index contributed by atoms with van der Waals surface area (Å²) in [5, 5.41) is 2.86. The van der Waals surface area contributed by atoms with Crippen LogP contribution in [0.3, 0.4) is 0 Å². The number of ether oxygens (including phenoxy) is 1. The molecule has 45 heavy (non-hydrogen) atoms. The van der Waals surface area contributed by atoms with Crippen LogP contribution in [-0.4, -0.2) is 24.6 Å². The minimum absolute atomic E-state index is 0.246. The first-order valence-electron chi connectivity index (χ1n) is 20.0. The molecule has 3 N–H and O–H groups in total. The average molecular weight is 635 g/mol. The molecular weight excluding hydrogens is 556 g/mol. The van der Waals surface area contributed by atoms with Crippen molar-refractivity contribution in [1.29, 1.82) is 0 Å². The summed E-state index contributed by atoms with van der Waals surface area (Å²) in [5.41, 5.74) is 5.96. The number of nitrogens with one attached hydrogen (secondary N) is 1. The van der Waals surface area contributed by atoms with Crippen molar-refractivity contribution >= 4 is 11.9 Å². The average Bonchev–Trinajstić information content (AvgIpc) is 3.03. The SMILES string of the molecule is CCCCCCCCCCCCCCCCCCNC(=O)/C=C\C(=O)OC(N)CCCCCCCCCCCCCCCCC. The van der Waals surface area contributed by atoms with E-state index in [1.165, 1.54) is 186 Å². The van der Waals surface area contributed by atoms with Gasteiger partial charge in [0.05, 0.1) is 0 Å². The molecular formula is C40H78N2O3. The Balaban J connectivity index is 3.44. The van der Waals surface area contributed by atoms with Crippen molar-refractivity contribution in [3.8, 4) is 0 Å². The van der Waals surface area contributed by atoms with E-state index >= 15 is 0 Å². The number of nitrogens with two attached hydrogens (primary N) is 1. The van der Waals surface area contributed by atoms with Crippen LogP contribution in [0.2, 0.25) is 0 Å². The van der Waals surface area contributed by atoms with E-state index in [1.54, 1.807) is 0 Å². The molecule has 0 fully saturated rings. The van der Waals surface area contributed by atoms with Crippen molar-refractivity contribution in [2.45, 2.75) is 226 Å². The molecule has 0 heterocycles. The lowest BCUT2D eigenvalue weighted by atomic mass is 10.0. The maximum atomic E-state index is 12.0. The first-order chi connectivity index (χ1) is 22.1. The lowest BCUT2D eigenvalue weighted by molar-refractivity contribution is -0.143. The standard InChI is InChI=1S/C40H78N2O3/c1-3-5-7-9-11-13-15-17-19-21-23-25-27-29-31-33-37-42-39(43)35-36-40(44)45-38(41)34-32-30-28-26-24-22-20-18-16-14-12-10-8-6-4-2/h35-36,38H,3-34,37,41H2,1-2H3,(H,42,43)/b36-35-. The largest absolute Gasteiger partial charge is 0.444 e. The summed E-state index contributed by atoms with van der Waals surface area (Å²) >= 11 is 0. The minimum atomic E-state index is -0.600. The van der Waals surface area contributed by atoms with Crippen molar-refractivity contribution < 1.29 is 14.3 Å². The van der Waals surface area contributed by atoms with E-state index in [0.29, 0.717) is 13.0 Å². The van der Waals surface area contributed by atoms with Crippen molar-refractivity contribution in [1.82, 2.24) is 5.32 Å². The van der Waals surface area contributed by atoms with Crippen LogP contribution in [0.1, 0.15) is 219 Å². The van der Waals surface area contributed by atoms with E-state index in [0.717, 1.165) is 25.7 Å². The minimum Gasteiger partial charge on any atom is -0.444 e. The molecule has 0 spiro atoms. The second kappa shape index (κ2) is 37.1. The first kappa shape index (κ1) is 43.6. The number of hydrogen-bond donors (Lipinski definition) is 2. The fourth-order valence-electron chi connectivity index (χ4n) is 6.05. The molecule has 0 saturated carbocycles. The van der Waals surface area contributed by atoms with E-state index in [-0.39, 0.29) is 5.91 Å². The normalized spacial score (nSPS) is 12.2. The molecule has 0 aromatic carbocycles. The maximum absolute atomic E-state index is 12.0. The third-order valence-electron chi connectivity index (χ3n) is 9.06. The zero-order chi connectivity index (χ0) is 32.9. The monoisotopic (exact) mass is 635 g/mol. The molecule has 0 aromatic rings. The van der Waals surface area contributed by atoms with E-state index in [4.69, 9.17) is 10.5 Å². The predicted molar refractivity (Wildman–Crippen MR) is 195 cm³/mol. The van der Waals surface area contributed by atoms with Crippen LogP contribution in [0.4, 0.5) is 0 Å². The van der Waals surface area contributed by atoms with E-state index < -0.39 is 12.2 Å². The van der Waals surface area contributed by atoms with Crippen molar-refractivity contribution in [2.75, 3.05) is 6.54 Å². The summed E-state index contributed by atoms with van der Waals surface area (Å²) in [5.74, 6) is -0.787. The van der Waals surface area contributed by atoms with Crippen LogP contribution in [0.15, 0.2) is 12.2 Å². The second-order valence-electron chi connectivity index (χ2n) is 13.6. The zero-order valence-corrected chi connectivity index (χ0v) is 30.4. The molecule has 0 bridgehead atoms. The van der Waals surface area contributed by atoms with Gasteiger partial charge >= 0.3 is 5.97 Å². The van der Waals surface area contributed by atoms with E-state index in [1.807, 2.05) is 0 Å². The summed E-state index contributed by atoms with van der Waals surface area (Å²) in [7, 11) is 0. The highest BCUT2D eigenvalue weighted by atomic mass is 16.6. The van der Waals surface area contributed by atoms with Gasteiger partial charge in [0.1, 0.15) is 0 Å². The number of carbonyl (C=O) groups excluding carboxylic acids is 2. The third kappa shape index (κ3) is 37.0. The fourth-order valence-corrected chi connectivity index (χ4v) is 6.05.